The van der Waals surface area contributed by atoms with Gasteiger partial charge in [-0.05, 0) is 6.07 Å². The number of carboxylic acids is 1. The van der Waals surface area contributed by atoms with Crippen molar-refractivity contribution in [3.8, 4) is 0 Å². The minimum Gasteiger partial charge on any atom is -0.480 e. The van der Waals surface area contributed by atoms with Gasteiger partial charge in [0.1, 0.15) is 6.04 Å². The van der Waals surface area contributed by atoms with E-state index in [1.165, 1.54) is 23.0 Å². The van der Waals surface area contributed by atoms with Gasteiger partial charge in [-0.15, -0.1) is 0 Å². The molecular weight excluding hydrogens is 262 g/mol. The van der Waals surface area contributed by atoms with Crippen molar-refractivity contribution in [3.05, 3.63) is 18.5 Å². The van der Waals surface area contributed by atoms with Crippen LogP contribution in [0.5, 0.6) is 0 Å². The lowest BCUT2D eigenvalue weighted by Gasteiger charge is -2.12. The first-order valence-electron chi connectivity index (χ1n) is 4.88. The van der Waals surface area contributed by atoms with Crippen LogP contribution in [0.2, 0.25) is 0 Å². The molecule has 1 aromatic heterocycles. The Morgan fingerprint density at radius 3 is 2.56 bits per heavy atom. The second kappa shape index (κ2) is 5.19. The van der Waals surface area contributed by atoms with Gasteiger partial charge in [-0.3, -0.25) is 9.59 Å². The molecule has 0 aromatic carbocycles. The highest BCUT2D eigenvalue weighted by atomic mass is 32.2. The SMILES string of the molecule is Cn1ccc(S(=O)(=O)NC(CC(N)=O)C(=O)O)c1. The number of nitrogens with two attached hydrogens (primary N) is 1. The van der Waals surface area contributed by atoms with Gasteiger partial charge in [-0.1, -0.05) is 0 Å². The van der Waals surface area contributed by atoms with Crippen LogP contribution in [-0.4, -0.2) is 36.0 Å². The maximum atomic E-state index is 11.8. The number of primary amides is 1. The highest BCUT2D eigenvalue weighted by Gasteiger charge is 2.27. The zero-order valence-corrected chi connectivity index (χ0v) is 10.3. The van der Waals surface area contributed by atoms with Crippen molar-refractivity contribution in [2.45, 2.75) is 17.4 Å². The molecule has 0 saturated carbocycles. The Morgan fingerprint density at radius 2 is 2.17 bits per heavy atom. The van der Waals surface area contributed by atoms with Gasteiger partial charge in [0.15, 0.2) is 0 Å². The second-order valence-electron chi connectivity index (χ2n) is 3.70. The summed E-state index contributed by atoms with van der Waals surface area (Å²) in [6.07, 6.45) is 2.20. The van der Waals surface area contributed by atoms with Crippen LogP contribution in [0.4, 0.5) is 0 Å². The number of aromatic nitrogens is 1. The number of amides is 1. The number of aryl methyl sites for hydroxylation is 1. The van der Waals surface area contributed by atoms with Crippen LogP contribution < -0.4 is 10.5 Å². The minimum absolute atomic E-state index is 0.0827. The van der Waals surface area contributed by atoms with E-state index >= 15 is 0 Å². The number of nitrogens with one attached hydrogen (secondary N) is 1. The topological polar surface area (TPSA) is 131 Å². The van der Waals surface area contributed by atoms with E-state index in [-0.39, 0.29) is 4.90 Å². The fourth-order valence-electron chi connectivity index (χ4n) is 1.27. The second-order valence-corrected chi connectivity index (χ2v) is 5.41. The van der Waals surface area contributed by atoms with Crippen molar-refractivity contribution in [2.24, 2.45) is 12.8 Å². The van der Waals surface area contributed by atoms with Crippen molar-refractivity contribution in [1.29, 1.82) is 0 Å². The van der Waals surface area contributed by atoms with E-state index in [4.69, 9.17) is 10.8 Å². The summed E-state index contributed by atoms with van der Waals surface area (Å²) in [5, 5.41) is 8.80. The Morgan fingerprint density at radius 1 is 1.56 bits per heavy atom. The van der Waals surface area contributed by atoms with Crippen LogP contribution in [0.15, 0.2) is 23.4 Å². The number of aliphatic carboxylic acids is 1. The molecule has 0 bridgehead atoms. The van der Waals surface area contributed by atoms with Crippen LogP contribution in [0, 0.1) is 0 Å². The van der Waals surface area contributed by atoms with Crippen LogP contribution in [0.1, 0.15) is 6.42 Å². The molecule has 1 unspecified atom stereocenters. The molecule has 0 aliphatic heterocycles. The van der Waals surface area contributed by atoms with Crippen molar-refractivity contribution in [1.82, 2.24) is 9.29 Å². The van der Waals surface area contributed by atoms with Gasteiger partial charge in [0.2, 0.25) is 15.9 Å². The summed E-state index contributed by atoms with van der Waals surface area (Å²) >= 11 is 0. The van der Waals surface area contributed by atoms with E-state index in [0.29, 0.717) is 0 Å². The highest BCUT2D eigenvalue weighted by molar-refractivity contribution is 7.89. The largest absolute Gasteiger partial charge is 0.480 e. The predicted octanol–water partition coefficient (Wildman–Crippen LogP) is -1.37. The molecule has 4 N–H and O–H groups in total. The fourth-order valence-corrected chi connectivity index (χ4v) is 2.51. The molecule has 1 heterocycles. The van der Waals surface area contributed by atoms with Crippen LogP contribution >= 0.6 is 0 Å². The molecule has 9 heteroatoms. The number of sulfonamides is 1. The molecule has 0 radical (unpaired) electrons. The number of carboxylic acid groups (broad SMARTS) is 1. The van der Waals surface area contributed by atoms with E-state index in [9.17, 15) is 18.0 Å². The molecule has 1 amide bonds. The van der Waals surface area contributed by atoms with E-state index in [2.05, 4.69) is 0 Å². The van der Waals surface area contributed by atoms with Crippen molar-refractivity contribution >= 4 is 21.9 Å². The Balaban J connectivity index is 2.93. The Kier molecular flexibility index (Phi) is 4.09. The third-order valence-electron chi connectivity index (χ3n) is 2.12. The number of hydrogen-bond acceptors (Lipinski definition) is 4. The maximum absolute atomic E-state index is 11.8. The molecule has 8 nitrogen and oxygen atoms in total. The number of carbonyl (C=O) groups excluding carboxylic acids is 1. The molecular formula is C9H13N3O5S. The van der Waals surface area contributed by atoms with Gasteiger partial charge in [-0.2, -0.15) is 4.72 Å². The van der Waals surface area contributed by atoms with Crippen molar-refractivity contribution < 1.29 is 23.1 Å². The van der Waals surface area contributed by atoms with Crippen molar-refractivity contribution in [3.63, 3.8) is 0 Å². The Bertz CT molecular complexity index is 563. The first-order chi connectivity index (χ1) is 8.22. The summed E-state index contributed by atoms with van der Waals surface area (Å²) in [6.45, 7) is 0. The Hall–Kier alpha value is -1.87. The van der Waals surface area contributed by atoms with Crippen molar-refractivity contribution in [2.75, 3.05) is 0 Å². The maximum Gasteiger partial charge on any atom is 0.322 e. The molecule has 1 rings (SSSR count). The lowest BCUT2D eigenvalue weighted by Crippen LogP contribution is -2.43. The van der Waals surface area contributed by atoms with Gasteiger partial charge in [0.05, 0.1) is 11.3 Å². The summed E-state index contributed by atoms with van der Waals surface area (Å²) < 4.78 is 27.0. The molecule has 0 spiro atoms. The van der Waals surface area contributed by atoms with Crippen LogP contribution in [0.3, 0.4) is 0 Å². The smallest absolute Gasteiger partial charge is 0.322 e. The summed E-state index contributed by atoms with van der Waals surface area (Å²) in [6, 6.07) is -0.265. The normalized spacial score (nSPS) is 13.2. The number of rotatable bonds is 6. The monoisotopic (exact) mass is 275 g/mol. The first-order valence-corrected chi connectivity index (χ1v) is 6.36. The predicted molar refractivity (Wildman–Crippen MR) is 61.0 cm³/mol. The molecule has 0 fully saturated rings. The van der Waals surface area contributed by atoms with Gasteiger partial charge >= 0.3 is 5.97 Å². The third-order valence-corrected chi connectivity index (χ3v) is 3.57. The quantitative estimate of drug-likeness (QED) is 0.589. The molecule has 0 saturated heterocycles. The van der Waals surface area contributed by atoms with Crippen LogP contribution in [0.25, 0.3) is 0 Å². The van der Waals surface area contributed by atoms with Gasteiger partial charge in [0.25, 0.3) is 0 Å². The third kappa shape index (κ3) is 3.57. The average Bonchev–Trinajstić information content (AvgIpc) is 2.63. The van der Waals surface area contributed by atoms with Crippen LogP contribution in [-0.2, 0) is 26.7 Å². The molecule has 18 heavy (non-hydrogen) atoms. The lowest BCUT2D eigenvalue weighted by atomic mass is 10.2. The number of hydrogen-bond donors (Lipinski definition) is 3. The van der Waals surface area contributed by atoms with E-state index < -0.39 is 34.4 Å². The first kappa shape index (κ1) is 14.2. The molecule has 1 atom stereocenters. The Labute approximate surface area is 103 Å². The molecule has 100 valence electrons. The summed E-state index contributed by atoms with van der Waals surface area (Å²) in [7, 11) is -2.37. The fraction of sp³-hybridized carbons (Fsp3) is 0.333. The van der Waals surface area contributed by atoms with E-state index in [0.717, 1.165) is 0 Å². The van der Waals surface area contributed by atoms with Gasteiger partial charge in [0, 0.05) is 19.4 Å². The summed E-state index contributed by atoms with van der Waals surface area (Å²) in [5.41, 5.74) is 4.85. The number of carbonyl (C=O) groups is 2. The summed E-state index contributed by atoms with van der Waals surface area (Å²) in [4.78, 5) is 21.4. The van der Waals surface area contributed by atoms with Gasteiger partial charge < -0.3 is 15.4 Å². The standard InChI is InChI=1S/C9H13N3O5S/c1-12-3-2-6(5-12)18(16,17)11-7(9(14)15)4-8(10)13/h2-3,5,7,11H,4H2,1H3,(H2,10,13)(H,14,15). The number of nitrogens with zero attached hydrogens (tertiary/aromatic N) is 1. The highest BCUT2D eigenvalue weighted by Crippen LogP contribution is 2.09. The molecule has 0 aliphatic rings. The lowest BCUT2D eigenvalue weighted by molar-refractivity contribution is -0.140. The summed E-state index contributed by atoms with van der Waals surface area (Å²) in [5.74, 6) is -2.37. The zero-order valence-electron chi connectivity index (χ0n) is 9.53. The molecule has 1 aromatic rings. The van der Waals surface area contributed by atoms with Gasteiger partial charge in [-0.25, -0.2) is 8.42 Å². The van der Waals surface area contributed by atoms with E-state index in [1.807, 2.05) is 4.72 Å². The average molecular weight is 275 g/mol. The zero-order chi connectivity index (χ0) is 13.9. The van der Waals surface area contributed by atoms with E-state index in [1.54, 1.807) is 7.05 Å². The minimum atomic E-state index is -3.99. The molecule has 0 aliphatic carbocycles.